The van der Waals surface area contributed by atoms with E-state index < -0.39 is 57.7 Å². The number of amides is 3. The fourth-order valence-corrected chi connectivity index (χ4v) is 8.58. The third kappa shape index (κ3) is 5.61. The highest BCUT2D eigenvalue weighted by atomic mass is 32.2. The highest BCUT2D eigenvalue weighted by molar-refractivity contribution is 8.00. The third-order valence-corrected chi connectivity index (χ3v) is 10.6. The van der Waals surface area contributed by atoms with Crippen LogP contribution in [-0.4, -0.2) is 27.5 Å². The van der Waals surface area contributed by atoms with Gasteiger partial charge in [0.15, 0.2) is 0 Å². The number of hydrogen-bond acceptors (Lipinski definition) is 6. The standard InChI is InChI=1S/C33H28F3N3O4S2/c1-32(2,3)19-15-13-18(14-16-19)24-25-26(29(42)39(28(25)41)20-9-5-4-6-10-20)44-30-27(24)45-31(43)38(30)17-23(40)37-22-12-8-7-11-21(22)33(34,35)36/h4-16,24-26H,17H2,1-3H3,(H,37,40). The number of aromatic nitrogens is 1. The van der Waals surface area contributed by atoms with E-state index in [1.54, 1.807) is 30.3 Å². The van der Waals surface area contributed by atoms with Gasteiger partial charge in [0.1, 0.15) is 11.8 Å². The van der Waals surface area contributed by atoms with E-state index in [-0.39, 0.29) is 11.3 Å². The van der Waals surface area contributed by atoms with Gasteiger partial charge in [0.2, 0.25) is 17.7 Å². The van der Waals surface area contributed by atoms with E-state index in [1.807, 2.05) is 24.3 Å². The second kappa shape index (κ2) is 11.3. The molecular formula is C33H28F3N3O4S2. The zero-order chi connectivity index (χ0) is 32.3. The van der Waals surface area contributed by atoms with Gasteiger partial charge in [0.05, 0.1) is 27.9 Å². The molecule has 232 valence electrons. The van der Waals surface area contributed by atoms with Gasteiger partial charge in [-0.3, -0.25) is 23.7 Å². The summed E-state index contributed by atoms with van der Waals surface area (Å²) in [6.45, 7) is 5.67. The number of para-hydroxylation sites is 2. The van der Waals surface area contributed by atoms with Crippen LogP contribution in [0.15, 0.2) is 88.7 Å². The zero-order valence-corrected chi connectivity index (χ0v) is 26.1. The molecule has 3 amide bonds. The first-order chi connectivity index (χ1) is 21.3. The van der Waals surface area contributed by atoms with Crippen molar-refractivity contribution < 1.29 is 27.6 Å². The first kappa shape index (κ1) is 30.8. The summed E-state index contributed by atoms with van der Waals surface area (Å²) in [5, 5.41) is 1.76. The zero-order valence-electron chi connectivity index (χ0n) is 24.4. The number of halogens is 3. The Morgan fingerprint density at radius 1 is 0.867 bits per heavy atom. The largest absolute Gasteiger partial charge is 0.418 e. The van der Waals surface area contributed by atoms with E-state index in [4.69, 9.17) is 0 Å². The first-order valence-corrected chi connectivity index (χ1v) is 15.8. The summed E-state index contributed by atoms with van der Waals surface area (Å²) >= 11 is 1.93. The molecule has 6 rings (SSSR count). The molecule has 2 aliphatic heterocycles. The molecule has 4 aromatic rings. The number of carbonyl (C=O) groups is 3. The molecule has 0 spiro atoms. The monoisotopic (exact) mass is 651 g/mol. The molecule has 1 fully saturated rings. The Hall–Kier alpha value is -4.16. The molecule has 1 saturated heterocycles. The lowest BCUT2D eigenvalue weighted by Gasteiger charge is -2.31. The summed E-state index contributed by atoms with van der Waals surface area (Å²) in [6, 6.07) is 20.9. The second-order valence-corrected chi connectivity index (χ2v) is 14.1. The quantitative estimate of drug-likeness (QED) is 0.244. The lowest BCUT2D eigenvalue weighted by Crippen LogP contribution is -2.33. The van der Waals surface area contributed by atoms with Gasteiger partial charge in [-0.2, -0.15) is 13.2 Å². The second-order valence-electron chi connectivity index (χ2n) is 12.0. The van der Waals surface area contributed by atoms with Crippen LogP contribution in [0.4, 0.5) is 24.5 Å². The summed E-state index contributed by atoms with van der Waals surface area (Å²) in [5.74, 6) is -3.11. The van der Waals surface area contributed by atoms with Crippen LogP contribution in [0.5, 0.6) is 0 Å². The number of benzene rings is 3. The van der Waals surface area contributed by atoms with Crippen molar-refractivity contribution in [2.75, 3.05) is 10.2 Å². The van der Waals surface area contributed by atoms with Crippen LogP contribution in [0.25, 0.3) is 0 Å². The Balaban J connectivity index is 1.41. The van der Waals surface area contributed by atoms with Crippen LogP contribution in [0.1, 0.15) is 48.3 Å². The Labute approximate surface area is 265 Å². The maximum atomic E-state index is 14.0. The number of nitrogens with one attached hydrogen (secondary N) is 1. The lowest BCUT2D eigenvalue weighted by atomic mass is 9.81. The fourth-order valence-electron chi connectivity index (χ4n) is 5.81. The van der Waals surface area contributed by atoms with Gasteiger partial charge in [-0.05, 0) is 40.8 Å². The summed E-state index contributed by atoms with van der Waals surface area (Å²) in [4.78, 5) is 55.5. The highest BCUT2D eigenvalue weighted by Crippen LogP contribution is 2.54. The van der Waals surface area contributed by atoms with Crippen molar-refractivity contribution >= 4 is 52.2 Å². The number of alkyl halides is 3. The summed E-state index contributed by atoms with van der Waals surface area (Å²) in [6.07, 6.45) is -4.69. The number of thioether (sulfide) groups is 1. The Morgan fingerprint density at radius 3 is 2.16 bits per heavy atom. The minimum atomic E-state index is -4.69. The van der Waals surface area contributed by atoms with Gasteiger partial charge in [0, 0.05) is 10.8 Å². The summed E-state index contributed by atoms with van der Waals surface area (Å²) < 4.78 is 41.8. The molecule has 0 bridgehead atoms. The van der Waals surface area contributed by atoms with Gasteiger partial charge in [-0.1, -0.05) is 98.5 Å². The van der Waals surface area contributed by atoms with E-state index in [0.29, 0.717) is 15.6 Å². The van der Waals surface area contributed by atoms with Gasteiger partial charge in [0.25, 0.3) is 0 Å². The molecule has 12 heteroatoms. The molecule has 1 aromatic heterocycles. The molecule has 3 heterocycles. The first-order valence-electron chi connectivity index (χ1n) is 14.2. The molecule has 0 saturated carbocycles. The van der Waals surface area contributed by atoms with Gasteiger partial charge in [-0.25, -0.2) is 4.90 Å². The normalized spacial score (nSPS) is 19.8. The minimum Gasteiger partial charge on any atom is -0.324 e. The number of hydrogen-bond donors (Lipinski definition) is 1. The van der Waals surface area contributed by atoms with Crippen molar-refractivity contribution in [3.05, 3.63) is 110 Å². The predicted octanol–water partition coefficient (Wildman–Crippen LogP) is 6.66. The molecule has 3 unspecified atom stereocenters. The molecule has 2 aliphatic rings. The molecule has 1 N–H and O–H groups in total. The third-order valence-electron chi connectivity index (χ3n) is 8.01. The van der Waals surface area contributed by atoms with Crippen molar-refractivity contribution in [3.63, 3.8) is 0 Å². The Kier molecular flexibility index (Phi) is 7.77. The van der Waals surface area contributed by atoms with E-state index in [0.717, 1.165) is 46.4 Å². The maximum absolute atomic E-state index is 14.0. The number of thiazole rings is 1. The van der Waals surface area contributed by atoms with Crippen molar-refractivity contribution in [2.45, 2.75) is 55.1 Å². The fraction of sp³-hybridized carbons (Fsp3) is 0.273. The van der Waals surface area contributed by atoms with Gasteiger partial charge < -0.3 is 5.32 Å². The number of imide groups is 1. The van der Waals surface area contributed by atoms with Crippen molar-refractivity contribution in [2.24, 2.45) is 5.92 Å². The highest BCUT2D eigenvalue weighted by Gasteiger charge is 2.56. The van der Waals surface area contributed by atoms with Crippen LogP contribution >= 0.6 is 23.1 Å². The van der Waals surface area contributed by atoms with E-state index in [9.17, 15) is 32.3 Å². The number of nitrogens with zero attached hydrogens (tertiary/aromatic N) is 2. The molecule has 7 nitrogen and oxygen atoms in total. The minimum absolute atomic E-state index is 0.135. The van der Waals surface area contributed by atoms with Crippen LogP contribution in [0.2, 0.25) is 0 Å². The topological polar surface area (TPSA) is 88.5 Å². The van der Waals surface area contributed by atoms with Crippen LogP contribution in [-0.2, 0) is 32.5 Å². The van der Waals surface area contributed by atoms with Crippen molar-refractivity contribution in [1.82, 2.24) is 4.57 Å². The van der Waals surface area contributed by atoms with E-state index >= 15 is 0 Å². The molecule has 3 aromatic carbocycles. The van der Waals surface area contributed by atoms with Crippen LogP contribution in [0, 0.1) is 5.92 Å². The van der Waals surface area contributed by atoms with E-state index in [2.05, 4.69) is 26.1 Å². The molecule has 0 aliphatic carbocycles. The number of rotatable bonds is 5. The molecule has 3 atom stereocenters. The number of anilines is 2. The molecule has 0 radical (unpaired) electrons. The number of carbonyl (C=O) groups excluding carboxylic acids is 3. The SMILES string of the molecule is CC(C)(C)c1ccc(C2c3sc(=O)n(CC(=O)Nc4ccccc4C(F)(F)F)c3SC3C(=O)N(c4ccccc4)C(=O)C32)cc1. The summed E-state index contributed by atoms with van der Waals surface area (Å²) in [5.41, 5.74) is 0.677. The van der Waals surface area contributed by atoms with E-state index in [1.165, 1.54) is 21.6 Å². The van der Waals surface area contributed by atoms with Crippen LogP contribution in [0.3, 0.4) is 0 Å². The van der Waals surface area contributed by atoms with Crippen molar-refractivity contribution in [3.8, 4) is 0 Å². The predicted molar refractivity (Wildman–Crippen MR) is 168 cm³/mol. The maximum Gasteiger partial charge on any atom is 0.418 e. The molecular weight excluding hydrogens is 624 g/mol. The van der Waals surface area contributed by atoms with Gasteiger partial charge >= 0.3 is 11.0 Å². The molecule has 45 heavy (non-hydrogen) atoms. The van der Waals surface area contributed by atoms with Crippen molar-refractivity contribution in [1.29, 1.82) is 0 Å². The smallest absolute Gasteiger partial charge is 0.324 e. The number of fused-ring (bicyclic) bond motifs is 2. The Bertz CT molecular complexity index is 1860. The average Bonchev–Trinajstić information content (AvgIpc) is 3.43. The summed E-state index contributed by atoms with van der Waals surface area (Å²) in [7, 11) is 0. The Morgan fingerprint density at radius 2 is 1.51 bits per heavy atom. The lowest BCUT2D eigenvalue weighted by molar-refractivity contribution is -0.137. The van der Waals surface area contributed by atoms with Crippen LogP contribution < -0.4 is 15.1 Å². The van der Waals surface area contributed by atoms with Gasteiger partial charge in [-0.15, -0.1) is 0 Å². The average molecular weight is 652 g/mol.